The molecule has 1 N–H and O–H groups in total. The van der Waals surface area contributed by atoms with Gasteiger partial charge in [0, 0.05) is 11.6 Å². The zero-order valence-corrected chi connectivity index (χ0v) is 5.13. The molecule has 0 amide bonds. The Balaban J connectivity index is 3.09. The van der Waals surface area contributed by atoms with Crippen molar-refractivity contribution in [2.75, 3.05) is 0 Å². The van der Waals surface area contributed by atoms with Crippen molar-refractivity contribution in [1.29, 1.82) is 0 Å². The van der Waals surface area contributed by atoms with Crippen molar-refractivity contribution < 1.29 is 4.42 Å². The molecule has 0 aliphatic carbocycles. The highest BCUT2D eigenvalue weighted by Gasteiger charge is 1.96. The highest BCUT2D eigenvalue weighted by Crippen LogP contribution is 2.04. The first-order valence-electron chi connectivity index (χ1n) is 2.93. The standard InChI is InChI=1S/C7H5NO2/c9-7-6-5(1-3-8-6)2-4-10-7/h1-4,8H. The molecule has 3 heteroatoms. The second-order valence-electron chi connectivity index (χ2n) is 2.02. The Bertz CT molecular complexity index is 399. The summed E-state index contributed by atoms with van der Waals surface area (Å²) in [4.78, 5) is 13.6. The Morgan fingerprint density at radius 3 is 3.10 bits per heavy atom. The van der Waals surface area contributed by atoms with Crippen LogP contribution >= 0.6 is 0 Å². The minimum atomic E-state index is -0.317. The second-order valence-corrected chi connectivity index (χ2v) is 2.02. The molecular formula is C7H5NO2. The maximum absolute atomic E-state index is 10.8. The third kappa shape index (κ3) is 0.572. The van der Waals surface area contributed by atoms with Crippen molar-refractivity contribution in [3.63, 3.8) is 0 Å². The molecule has 0 aromatic carbocycles. The number of H-pyrrole nitrogens is 1. The molecule has 0 saturated carbocycles. The van der Waals surface area contributed by atoms with Crippen molar-refractivity contribution >= 4 is 10.9 Å². The zero-order chi connectivity index (χ0) is 6.97. The molecule has 10 heavy (non-hydrogen) atoms. The molecule has 0 radical (unpaired) electrons. The lowest BCUT2D eigenvalue weighted by Crippen LogP contribution is -1.96. The molecule has 50 valence electrons. The van der Waals surface area contributed by atoms with Gasteiger partial charge in [0.1, 0.15) is 5.52 Å². The van der Waals surface area contributed by atoms with Gasteiger partial charge in [-0.25, -0.2) is 4.79 Å². The van der Waals surface area contributed by atoms with Gasteiger partial charge in [0.05, 0.1) is 6.26 Å². The molecule has 0 spiro atoms. The molecule has 0 atom stereocenters. The Kier molecular flexibility index (Phi) is 0.917. The SMILES string of the molecule is O=c1occc2cc[nH]c12. The van der Waals surface area contributed by atoms with Crippen LogP contribution in [0.2, 0.25) is 0 Å². The van der Waals surface area contributed by atoms with Gasteiger partial charge in [-0.15, -0.1) is 0 Å². The monoisotopic (exact) mass is 135 g/mol. The first-order chi connectivity index (χ1) is 4.88. The Labute approximate surface area is 56.3 Å². The Morgan fingerprint density at radius 1 is 1.40 bits per heavy atom. The van der Waals surface area contributed by atoms with Gasteiger partial charge in [-0.1, -0.05) is 0 Å². The van der Waals surface area contributed by atoms with Gasteiger partial charge < -0.3 is 9.40 Å². The maximum Gasteiger partial charge on any atom is 0.360 e. The predicted molar refractivity (Wildman–Crippen MR) is 36.8 cm³/mol. The van der Waals surface area contributed by atoms with Crippen molar-refractivity contribution in [3.8, 4) is 0 Å². The number of aromatic amines is 1. The Morgan fingerprint density at radius 2 is 2.30 bits per heavy atom. The molecule has 0 unspecified atom stereocenters. The lowest BCUT2D eigenvalue weighted by molar-refractivity contribution is 0.518. The maximum atomic E-state index is 10.8. The van der Waals surface area contributed by atoms with E-state index in [1.807, 2.05) is 6.07 Å². The van der Waals surface area contributed by atoms with E-state index in [1.165, 1.54) is 6.26 Å². The smallest absolute Gasteiger partial charge is 0.360 e. The molecule has 3 nitrogen and oxygen atoms in total. The number of rotatable bonds is 0. The summed E-state index contributed by atoms with van der Waals surface area (Å²) in [5.41, 5.74) is 0.213. The molecule has 2 aromatic heterocycles. The molecule has 2 aromatic rings. The average molecular weight is 135 g/mol. The van der Waals surface area contributed by atoms with Gasteiger partial charge in [-0.2, -0.15) is 0 Å². The first kappa shape index (κ1) is 5.29. The third-order valence-corrected chi connectivity index (χ3v) is 1.41. The van der Waals surface area contributed by atoms with Crippen LogP contribution in [0.1, 0.15) is 0 Å². The van der Waals surface area contributed by atoms with E-state index in [4.69, 9.17) is 0 Å². The first-order valence-corrected chi connectivity index (χ1v) is 2.93. The van der Waals surface area contributed by atoms with Crippen LogP contribution in [-0.2, 0) is 0 Å². The molecule has 0 bridgehead atoms. The third-order valence-electron chi connectivity index (χ3n) is 1.41. The number of hydrogen-bond donors (Lipinski definition) is 1. The number of fused-ring (bicyclic) bond motifs is 1. The second kappa shape index (κ2) is 1.73. The molecule has 2 heterocycles. The van der Waals surface area contributed by atoms with E-state index in [9.17, 15) is 4.79 Å². The molecular weight excluding hydrogens is 130 g/mol. The Hall–Kier alpha value is -1.51. The summed E-state index contributed by atoms with van der Waals surface area (Å²) in [6.07, 6.45) is 3.10. The lowest BCUT2D eigenvalue weighted by atomic mass is 10.3. The van der Waals surface area contributed by atoms with Gasteiger partial charge in [0.2, 0.25) is 0 Å². The largest absolute Gasteiger partial charge is 0.430 e. The molecule has 2 rings (SSSR count). The van der Waals surface area contributed by atoms with Gasteiger partial charge in [-0.05, 0) is 12.1 Å². The van der Waals surface area contributed by atoms with E-state index >= 15 is 0 Å². The van der Waals surface area contributed by atoms with Crippen molar-refractivity contribution in [3.05, 3.63) is 35.0 Å². The van der Waals surface area contributed by atoms with Crippen LogP contribution in [0.25, 0.3) is 10.9 Å². The van der Waals surface area contributed by atoms with E-state index < -0.39 is 0 Å². The van der Waals surface area contributed by atoms with Crippen LogP contribution in [0.4, 0.5) is 0 Å². The minimum absolute atomic E-state index is 0.317. The normalized spacial score (nSPS) is 10.4. The summed E-state index contributed by atoms with van der Waals surface area (Å²) in [5.74, 6) is 0. The number of hydrogen-bond acceptors (Lipinski definition) is 2. The van der Waals surface area contributed by atoms with Gasteiger partial charge in [0.25, 0.3) is 0 Å². The lowest BCUT2D eigenvalue weighted by Gasteiger charge is -1.82. The minimum Gasteiger partial charge on any atom is -0.430 e. The van der Waals surface area contributed by atoms with Gasteiger partial charge in [0.15, 0.2) is 0 Å². The van der Waals surface area contributed by atoms with Crippen LogP contribution < -0.4 is 5.63 Å². The van der Waals surface area contributed by atoms with Crippen LogP contribution in [0.15, 0.2) is 33.8 Å². The van der Waals surface area contributed by atoms with E-state index in [0.29, 0.717) is 5.52 Å². The molecule has 0 saturated heterocycles. The summed E-state index contributed by atoms with van der Waals surface area (Å²) in [7, 11) is 0. The number of aromatic nitrogens is 1. The zero-order valence-electron chi connectivity index (χ0n) is 5.13. The quantitative estimate of drug-likeness (QED) is 0.588. The predicted octanol–water partition coefficient (Wildman–Crippen LogP) is 1.12. The molecule has 0 fully saturated rings. The van der Waals surface area contributed by atoms with Crippen molar-refractivity contribution in [2.45, 2.75) is 0 Å². The van der Waals surface area contributed by atoms with Gasteiger partial charge >= 0.3 is 5.63 Å². The topological polar surface area (TPSA) is 46.0 Å². The fourth-order valence-electron chi connectivity index (χ4n) is 0.925. The van der Waals surface area contributed by atoms with E-state index in [2.05, 4.69) is 9.40 Å². The van der Waals surface area contributed by atoms with Crippen molar-refractivity contribution in [1.82, 2.24) is 4.98 Å². The summed E-state index contributed by atoms with van der Waals surface area (Å²) in [5, 5.41) is 0.885. The summed E-state index contributed by atoms with van der Waals surface area (Å²) in [6.45, 7) is 0. The van der Waals surface area contributed by atoms with Crippen molar-refractivity contribution in [2.24, 2.45) is 0 Å². The average Bonchev–Trinajstić information content (AvgIpc) is 2.36. The molecule has 0 aliphatic rings. The van der Waals surface area contributed by atoms with E-state index in [-0.39, 0.29) is 5.63 Å². The van der Waals surface area contributed by atoms with E-state index in [1.54, 1.807) is 12.3 Å². The van der Waals surface area contributed by atoms with E-state index in [0.717, 1.165) is 5.39 Å². The summed E-state index contributed by atoms with van der Waals surface area (Å²) < 4.78 is 4.61. The van der Waals surface area contributed by atoms with Gasteiger partial charge in [-0.3, -0.25) is 0 Å². The highest BCUT2D eigenvalue weighted by atomic mass is 16.4. The van der Waals surface area contributed by atoms with Crippen LogP contribution in [-0.4, -0.2) is 4.98 Å². The fourth-order valence-corrected chi connectivity index (χ4v) is 0.925. The van der Waals surface area contributed by atoms with Crippen LogP contribution in [0, 0.1) is 0 Å². The fraction of sp³-hybridized carbons (Fsp3) is 0. The molecule has 0 aliphatic heterocycles. The van der Waals surface area contributed by atoms with Crippen LogP contribution in [0.3, 0.4) is 0 Å². The summed E-state index contributed by atoms with van der Waals surface area (Å²) >= 11 is 0. The highest BCUT2D eigenvalue weighted by molar-refractivity contribution is 5.77. The number of nitrogens with one attached hydrogen (secondary N) is 1. The summed E-state index contributed by atoms with van der Waals surface area (Å²) in [6, 6.07) is 3.57. The van der Waals surface area contributed by atoms with Crippen LogP contribution in [0.5, 0.6) is 0 Å².